The molecule has 0 unspecified atom stereocenters. The van der Waals surface area contributed by atoms with E-state index in [1.165, 1.54) is 21.8 Å². The second kappa shape index (κ2) is 24.0. The molecule has 6 aromatic heterocycles. The van der Waals surface area contributed by atoms with Gasteiger partial charge in [-0.15, -0.1) is 12.8 Å². The van der Waals surface area contributed by atoms with E-state index in [1.807, 2.05) is 0 Å². The van der Waals surface area contributed by atoms with Crippen molar-refractivity contribution < 1.29 is 74.7 Å². The van der Waals surface area contributed by atoms with Crippen LogP contribution in [0.5, 0.6) is 0 Å². The molecule has 8 heterocycles. The Morgan fingerprint density at radius 2 is 1.20 bits per heavy atom. The SMILES string of the molecule is C#C[C@]1(COC(=O)NCCN(C)Cc2oc(=O)oc2C)O[C@@H](n2cnc3c(N)nc(F)nc32)C[C@@H]1O.C#C[C@]1(COC(=O)NCCN(C)Cc2oc(=O)oc2C)O[C@@H](n2cnc3c(NC(=O)OC(C)(C)C)nc(F)nc32)C[C@@H]1O. The van der Waals surface area contributed by atoms with Crippen LogP contribution in [0.1, 0.15) is 69.1 Å². The lowest BCUT2D eigenvalue weighted by molar-refractivity contribution is -0.0910. The Bertz CT molecular complexity index is 3390. The summed E-state index contributed by atoms with van der Waals surface area (Å²) < 4.78 is 77.7. The number of aliphatic hydroxyl groups excluding tert-OH is 2. The minimum Gasteiger partial charge on any atom is -0.445 e. The number of carbonyl (C=O) groups excluding carboxylic acids is 3. The van der Waals surface area contributed by atoms with E-state index in [0.29, 0.717) is 42.7 Å². The molecule has 0 saturated carbocycles. The van der Waals surface area contributed by atoms with Crippen molar-refractivity contribution in [2.45, 2.75) is 102 Å². The molecule has 7 N–H and O–H groups in total. The van der Waals surface area contributed by atoms with Crippen molar-refractivity contribution in [3.8, 4) is 24.7 Å². The first-order valence-corrected chi connectivity index (χ1v) is 23.9. The second-order valence-corrected chi connectivity index (χ2v) is 19.1. The summed E-state index contributed by atoms with van der Waals surface area (Å²) in [7, 11) is 3.52. The fourth-order valence-electron chi connectivity index (χ4n) is 7.99. The van der Waals surface area contributed by atoms with Crippen molar-refractivity contribution in [1.29, 1.82) is 0 Å². The van der Waals surface area contributed by atoms with Gasteiger partial charge in [0, 0.05) is 39.0 Å². The molecule has 424 valence electrons. The van der Waals surface area contributed by atoms with Gasteiger partial charge in [0.15, 0.2) is 56.7 Å². The number of nitrogen functional groups attached to an aromatic ring is 1. The highest BCUT2D eigenvalue weighted by atomic mass is 19.1. The van der Waals surface area contributed by atoms with Gasteiger partial charge >= 0.3 is 42.1 Å². The standard InChI is InChI=1S/C26H32FN7O9.C21H24FN7O7/c1-7-26(12-39-22(36)28-8-9-33(6)11-15-14(2)40-24(38)41-15)16(35)10-17(42-26)34-13-29-18-19(30-21(27)32-20(18)34)31-23(37)43-25(3,4)5;1-4-21(9-33-19(31)24-5-6-28(3)8-12-11(2)34-20(32)35-12)13(30)7-14(36-21)29-10-25-15-16(23)26-18(22)27-17(15)29/h1,13,16-17,35H,8-12H2,2-6H3,(H,28,36)(H,30,31,32,37);1,10,13-14,30H,5-9H2,2-3H3,(H,24,31)(H2,23,26,27)/t16-,17+,26+;13-,14+,21+/m00/s1. The predicted octanol–water partition coefficient (Wildman–Crippen LogP) is 1.59. The Kier molecular flexibility index (Phi) is 17.7. The number of amides is 3. The lowest BCUT2D eigenvalue weighted by Gasteiger charge is -2.26. The molecule has 32 heteroatoms. The zero-order valence-electron chi connectivity index (χ0n) is 43.6. The number of rotatable bonds is 17. The summed E-state index contributed by atoms with van der Waals surface area (Å²) in [5.41, 5.74) is 1.72. The van der Waals surface area contributed by atoms with E-state index in [2.05, 4.69) is 57.7 Å². The topological polar surface area (TPSA) is 380 Å². The van der Waals surface area contributed by atoms with E-state index >= 15 is 0 Å². The molecule has 0 bridgehead atoms. The number of aromatic nitrogens is 8. The molecule has 0 spiro atoms. The maximum absolute atomic E-state index is 14.3. The van der Waals surface area contributed by atoms with Gasteiger partial charge in [0.2, 0.25) is 0 Å². The molecule has 2 saturated heterocycles. The quantitative estimate of drug-likeness (QED) is 0.0429. The minimum atomic E-state index is -1.73. The van der Waals surface area contributed by atoms with Crippen molar-refractivity contribution in [2.75, 3.05) is 64.5 Å². The molecule has 0 radical (unpaired) electrons. The van der Waals surface area contributed by atoms with E-state index in [4.69, 9.17) is 59.9 Å². The number of fused-ring (bicyclic) bond motifs is 2. The monoisotopic (exact) mass is 1110 g/mol. The molecule has 2 fully saturated rings. The summed E-state index contributed by atoms with van der Waals surface area (Å²) >= 11 is 0. The van der Waals surface area contributed by atoms with Crippen LogP contribution in [-0.2, 0) is 36.8 Å². The van der Waals surface area contributed by atoms with Gasteiger partial charge in [-0.1, -0.05) is 11.8 Å². The van der Waals surface area contributed by atoms with Crippen LogP contribution in [0.25, 0.3) is 22.3 Å². The maximum atomic E-state index is 14.3. The second-order valence-electron chi connectivity index (χ2n) is 19.1. The number of hydrogen-bond donors (Lipinski definition) is 6. The van der Waals surface area contributed by atoms with Crippen molar-refractivity contribution in [1.82, 2.24) is 59.5 Å². The fraction of sp³-hybridized carbons (Fsp3) is 0.511. The Labute approximate surface area is 445 Å². The molecule has 0 aliphatic carbocycles. The van der Waals surface area contributed by atoms with Crippen LogP contribution in [0.15, 0.2) is 39.9 Å². The van der Waals surface area contributed by atoms with Crippen LogP contribution >= 0.6 is 0 Å². The number of aryl methyl sites for hydroxylation is 2. The lowest BCUT2D eigenvalue weighted by atomic mass is 9.99. The van der Waals surface area contributed by atoms with Gasteiger partial charge in [-0.25, -0.2) is 33.9 Å². The molecule has 0 aromatic carbocycles. The number of nitrogens with two attached hydrogens (primary N) is 1. The van der Waals surface area contributed by atoms with Gasteiger partial charge in [-0.3, -0.25) is 24.3 Å². The summed E-state index contributed by atoms with van der Waals surface area (Å²) in [4.78, 5) is 85.4. The van der Waals surface area contributed by atoms with Crippen molar-refractivity contribution >= 4 is 52.2 Å². The van der Waals surface area contributed by atoms with Crippen molar-refractivity contribution in [3.05, 3.63) is 69.1 Å². The largest absolute Gasteiger partial charge is 0.519 e. The average molecular weight is 1110 g/mol. The lowest BCUT2D eigenvalue weighted by Crippen LogP contribution is -2.44. The summed E-state index contributed by atoms with van der Waals surface area (Å²) in [5.74, 6) is 4.31. The number of aliphatic hydroxyl groups is 2. The van der Waals surface area contributed by atoms with Crippen LogP contribution in [0, 0.1) is 50.7 Å². The van der Waals surface area contributed by atoms with E-state index < -0.39 is 96.8 Å². The van der Waals surface area contributed by atoms with E-state index in [9.17, 15) is 43.0 Å². The van der Waals surface area contributed by atoms with Gasteiger partial charge in [0.1, 0.15) is 55.0 Å². The minimum absolute atomic E-state index is 0.000512. The number of alkyl carbamates (subject to hydrolysis) is 2. The maximum Gasteiger partial charge on any atom is 0.519 e. The number of imidazole rings is 2. The molecular weight excluding hydrogens is 1050 g/mol. The third kappa shape index (κ3) is 14.0. The highest BCUT2D eigenvalue weighted by Gasteiger charge is 2.51. The van der Waals surface area contributed by atoms with Crippen LogP contribution in [0.2, 0.25) is 0 Å². The third-order valence-electron chi connectivity index (χ3n) is 12.0. The van der Waals surface area contributed by atoms with E-state index in [0.717, 1.165) is 0 Å². The smallest absolute Gasteiger partial charge is 0.445 e. The first-order valence-electron chi connectivity index (χ1n) is 23.9. The van der Waals surface area contributed by atoms with Crippen LogP contribution in [0.3, 0.4) is 0 Å². The first-order chi connectivity index (χ1) is 37.3. The van der Waals surface area contributed by atoms with Crippen LogP contribution in [-0.4, -0.2) is 160 Å². The normalized spacial score (nSPS) is 20.9. The zero-order chi connectivity index (χ0) is 57.6. The molecular formula is C47H56F2N14O16. The number of nitrogens with zero attached hydrogens (tertiary/aromatic N) is 10. The summed E-state index contributed by atoms with van der Waals surface area (Å²) in [6, 6.07) is 0. The average Bonchev–Trinajstić information content (AvgIpc) is 4.36. The number of anilines is 2. The number of terminal acetylenes is 2. The summed E-state index contributed by atoms with van der Waals surface area (Å²) in [5, 5.41) is 28.9. The predicted molar refractivity (Wildman–Crippen MR) is 265 cm³/mol. The number of nitrogens with one attached hydrogen (secondary N) is 3. The number of halogens is 2. The molecule has 6 atom stereocenters. The Balaban J connectivity index is 0.000000232. The van der Waals surface area contributed by atoms with E-state index in [-0.39, 0.29) is 66.4 Å². The number of carbonyl (C=O) groups is 3. The molecule has 79 heavy (non-hydrogen) atoms. The van der Waals surface area contributed by atoms with Gasteiger partial charge in [0.05, 0.1) is 25.7 Å². The molecule has 2 aliphatic rings. The molecule has 30 nitrogen and oxygen atoms in total. The van der Waals surface area contributed by atoms with Crippen LogP contribution in [0.4, 0.5) is 34.8 Å². The Morgan fingerprint density at radius 1 is 0.759 bits per heavy atom. The van der Waals surface area contributed by atoms with Gasteiger partial charge in [0.25, 0.3) is 0 Å². The highest BCUT2D eigenvalue weighted by molar-refractivity contribution is 5.93. The number of likely N-dealkylation sites (N-methyl/N-ethyl adjacent to an activating group) is 2. The highest BCUT2D eigenvalue weighted by Crippen LogP contribution is 2.40. The van der Waals surface area contributed by atoms with Gasteiger partial charge < -0.3 is 67.9 Å². The van der Waals surface area contributed by atoms with E-state index in [1.54, 1.807) is 58.5 Å². The molecule has 8 rings (SSSR count). The summed E-state index contributed by atoms with van der Waals surface area (Å²) in [6.45, 7) is 9.03. The van der Waals surface area contributed by atoms with Crippen LogP contribution < -0.4 is 33.3 Å². The third-order valence-corrected chi connectivity index (χ3v) is 12.0. The molecule has 2 aliphatic heterocycles. The Hall–Kier alpha value is -8.53. The number of hydrogen-bond acceptors (Lipinski definition) is 25. The van der Waals surface area contributed by atoms with Gasteiger partial charge in [-0.2, -0.15) is 28.7 Å². The Morgan fingerprint density at radius 3 is 1.63 bits per heavy atom. The molecule has 6 aromatic rings. The van der Waals surface area contributed by atoms with Crippen molar-refractivity contribution in [3.63, 3.8) is 0 Å². The summed E-state index contributed by atoms with van der Waals surface area (Å²) in [6.07, 6.45) is 4.83. The van der Waals surface area contributed by atoms with Crippen molar-refractivity contribution in [2.24, 2.45) is 0 Å². The zero-order valence-corrected chi connectivity index (χ0v) is 43.6. The van der Waals surface area contributed by atoms with Gasteiger partial charge in [-0.05, 0) is 48.7 Å². The first kappa shape index (κ1) is 58.2. The molecule has 3 amide bonds. The fourth-order valence-corrected chi connectivity index (χ4v) is 7.99. The number of ether oxygens (including phenoxy) is 5.